The van der Waals surface area contributed by atoms with Gasteiger partial charge in [-0.15, -0.1) is 12.4 Å². The van der Waals surface area contributed by atoms with E-state index < -0.39 is 0 Å². The molecule has 1 fully saturated rings. The standard InChI is InChI=1S/C20H30N2O3.ClH/c1-3-24-18-11-16-8-10-22(14-17(16)12-19(18)25-4-2)20(23)6-5-15-7-9-21-13-15;/h11-12,15,21H,3-10,13-14H2,1-2H3;1H. The van der Waals surface area contributed by atoms with Crippen LogP contribution in [0, 0.1) is 5.92 Å². The van der Waals surface area contributed by atoms with Crippen molar-refractivity contribution in [2.24, 2.45) is 5.92 Å². The van der Waals surface area contributed by atoms with Gasteiger partial charge in [-0.2, -0.15) is 0 Å². The Kier molecular flexibility index (Phi) is 8.04. The van der Waals surface area contributed by atoms with E-state index in [1.807, 2.05) is 18.7 Å². The summed E-state index contributed by atoms with van der Waals surface area (Å²) in [5.74, 6) is 2.55. The van der Waals surface area contributed by atoms with Crippen molar-refractivity contribution in [2.45, 2.75) is 46.1 Å². The SMILES string of the molecule is CCOc1cc2c(cc1OCC)CN(C(=O)CCC1CCNC1)CC2.Cl. The topological polar surface area (TPSA) is 50.8 Å². The van der Waals surface area contributed by atoms with E-state index in [1.54, 1.807) is 0 Å². The molecule has 26 heavy (non-hydrogen) atoms. The zero-order valence-electron chi connectivity index (χ0n) is 15.9. The number of nitrogens with one attached hydrogen (secondary N) is 1. The molecular weight excluding hydrogens is 352 g/mol. The zero-order chi connectivity index (χ0) is 17.6. The third-order valence-electron chi connectivity index (χ3n) is 5.16. The van der Waals surface area contributed by atoms with Gasteiger partial charge in [-0.1, -0.05) is 0 Å². The molecule has 6 heteroatoms. The molecule has 1 unspecified atom stereocenters. The summed E-state index contributed by atoms with van der Waals surface area (Å²) in [6, 6.07) is 4.15. The second-order valence-corrected chi connectivity index (χ2v) is 6.90. The maximum atomic E-state index is 12.6. The quantitative estimate of drug-likeness (QED) is 0.786. The first-order chi connectivity index (χ1) is 12.2. The summed E-state index contributed by atoms with van der Waals surface area (Å²) in [6.07, 6.45) is 3.76. The predicted molar refractivity (Wildman–Crippen MR) is 105 cm³/mol. The Labute approximate surface area is 162 Å². The minimum Gasteiger partial charge on any atom is -0.490 e. The number of carbonyl (C=O) groups excluding carboxylic acids is 1. The Hall–Kier alpha value is -1.46. The largest absolute Gasteiger partial charge is 0.490 e. The highest BCUT2D eigenvalue weighted by atomic mass is 35.5. The van der Waals surface area contributed by atoms with Gasteiger partial charge in [-0.3, -0.25) is 4.79 Å². The van der Waals surface area contributed by atoms with Crippen molar-refractivity contribution in [2.75, 3.05) is 32.8 Å². The molecule has 1 aromatic carbocycles. The fourth-order valence-corrected chi connectivity index (χ4v) is 3.76. The van der Waals surface area contributed by atoms with E-state index in [9.17, 15) is 4.79 Å². The zero-order valence-corrected chi connectivity index (χ0v) is 16.7. The second-order valence-electron chi connectivity index (χ2n) is 6.90. The first-order valence-electron chi connectivity index (χ1n) is 9.61. The number of hydrogen-bond acceptors (Lipinski definition) is 4. The highest BCUT2D eigenvalue weighted by molar-refractivity contribution is 5.85. The van der Waals surface area contributed by atoms with Crippen LogP contribution in [0.1, 0.15) is 44.2 Å². The molecule has 1 amide bonds. The van der Waals surface area contributed by atoms with Gasteiger partial charge >= 0.3 is 0 Å². The molecule has 0 spiro atoms. The number of hydrogen-bond donors (Lipinski definition) is 1. The van der Waals surface area contributed by atoms with Crippen LogP contribution >= 0.6 is 12.4 Å². The molecule has 3 rings (SSSR count). The summed E-state index contributed by atoms with van der Waals surface area (Å²) in [5, 5.41) is 3.37. The van der Waals surface area contributed by atoms with Crippen LogP contribution in [-0.4, -0.2) is 43.7 Å². The summed E-state index contributed by atoms with van der Waals surface area (Å²) in [7, 11) is 0. The highest BCUT2D eigenvalue weighted by Crippen LogP contribution is 2.34. The Morgan fingerprint density at radius 3 is 2.50 bits per heavy atom. The third-order valence-corrected chi connectivity index (χ3v) is 5.16. The molecule has 2 aliphatic rings. The summed E-state index contributed by atoms with van der Waals surface area (Å²) < 4.78 is 11.4. The molecule has 0 aromatic heterocycles. The number of halogens is 1. The second kappa shape index (κ2) is 10.0. The summed E-state index contributed by atoms with van der Waals surface area (Å²) >= 11 is 0. The Morgan fingerprint density at radius 1 is 1.19 bits per heavy atom. The molecule has 2 heterocycles. The Morgan fingerprint density at radius 2 is 1.88 bits per heavy atom. The van der Waals surface area contributed by atoms with Crippen LogP contribution in [0.15, 0.2) is 12.1 Å². The normalized spacial score (nSPS) is 18.8. The monoisotopic (exact) mass is 382 g/mol. The molecule has 1 aromatic rings. The predicted octanol–water partition coefficient (Wildman–Crippen LogP) is 3.18. The van der Waals surface area contributed by atoms with E-state index in [0.29, 0.717) is 32.1 Å². The Bertz CT molecular complexity index is 603. The van der Waals surface area contributed by atoms with Crippen molar-refractivity contribution in [3.8, 4) is 11.5 Å². The number of amides is 1. The number of nitrogens with zero attached hydrogens (tertiary/aromatic N) is 1. The van der Waals surface area contributed by atoms with Gasteiger partial charge in [0.2, 0.25) is 5.91 Å². The number of benzene rings is 1. The number of ether oxygens (including phenoxy) is 2. The molecule has 1 atom stereocenters. The van der Waals surface area contributed by atoms with Crippen molar-refractivity contribution < 1.29 is 14.3 Å². The Balaban J connectivity index is 0.00000243. The molecule has 0 radical (unpaired) electrons. The van der Waals surface area contributed by atoms with Gasteiger partial charge in [0.25, 0.3) is 0 Å². The third kappa shape index (κ3) is 5.04. The molecule has 146 valence electrons. The van der Waals surface area contributed by atoms with Crippen molar-refractivity contribution in [1.82, 2.24) is 10.2 Å². The highest BCUT2D eigenvalue weighted by Gasteiger charge is 2.24. The molecule has 5 nitrogen and oxygen atoms in total. The molecule has 1 N–H and O–H groups in total. The van der Waals surface area contributed by atoms with Gasteiger partial charge in [-0.05, 0) is 75.4 Å². The van der Waals surface area contributed by atoms with Gasteiger partial charge < -0.3 is 19.7 Å². The van der Waals surface area contributed by atoms with Crippen LogP contribution in [0.4, 0.5) is 0 Å². The lowest BCUT2D eigenvalue weighted by molar-refractivity contribution is -0.132. The number of fused-ring (bicyclic) bond motifs is 1. The number of carbonyl (C=O) groups is 1. The van der Waals surface area contributed by atoms with Crippen LogP contribution in [0.25, 0.3) is 0 Å². The molecular formula is C20H31ClN2O3. The van der Waals surface area contributed by atoms with E-state index in [4.69, 9.17) is 9.47 Å². The van der Waals surface area contributed by atoms with Crippen LogP contribution in [0.5, 0.6) is 11.5 Å². The van der Waals surface area contributed by atoms with Gasteiger partial charge in [0.05, 0.1) is 13.2 Å². The fraction of sp³-hybridized carbons (Fsp3) is 0.650. The minimum atomic E-state index is 0. The van der Waals surface area contributed by atoms with E-state index in [0.717, 1.165) is 44.0 Å². The molecule has 0 bridgehead atoms. The fourth-order valence-electron chi connectivity index (χ4n) is 3.76. The average Bonchev–Trinajstić information content (AvgIpc) is 3.14. The van der Waals surface area contributed by atoms with Gasteiger partial charge in [0.1, 0.15) is 0 Å². The summed E-state index contributed by atoms with van der Waals surface area (Å²) in [6.45, 7) is 8.83. The lowest BCUT2D eigenvalue weighted by Gasteiger charge is -2.30. The van der Waals surface area contributed by atoms with Gasteiger partial charge in [-0.25, -0.2) is 0 Å². The van der Waals surface area contributed by atoms with E-state index in [2.05, 4.69) is 17.4 Å². The lowest BCUT2D eigenvalue weighted by atomic mass is 9.97. The van der Waals surface area contributed by atoms with Crippen molar-refractivity contribution in [3.63, 3.8) is 0 Å². The van der Waals surface area contributed by atoms with Crippen molar-refractivity contribution in [1.29, 1.82) is 0 Å². The van der Waals surface area contributed by atoms with E-state index in [-0.39, 0.29) is 18.3 Å². The van der Waals surface area contributed by atoms with Crippen LogP contribution in [-0.2, 0) is 17.8 Å². The first kappa shape index (κ1) is 20.8. The van der Waals surface area contributed by atoms with Crippen LogP contribution in [0.2, 0.25) is 0 Å². The smallest absolute Gasteiger partial charge is 0.222 e. The molecule has 1 saturated heterocycles. The van der Waals surface area contributed by atoms with E-state index >= 15 is 0 Å². The molecule has 0 aliphatic carbocycles. The number of rotatable bonds is 7. The van der Waals surface area contributed by atoms with Crippen molar-refractivity contribution >= 4 is 18.3 Å². The average molecular weight is 383 g/mol. The van der Waals surface area contributed by atoms with Gasteiger partial charge in [0, 0.05) is 19.5 Å². The maximum absolute atomic E-state index is 12.6. The van der Waals surface area contributed by atoms with Gasteiger partial charge in [0.15, 0.2) is 11.5 Å². The van der Waals surface area contributed by atoms with Crippen LogP contribution in [0.3, 0.4) is 0 Å². The first-order valence-corrected chi connectivity index (χ1v) is 9.61. The van der Waals surface area contributed by atoms with Crippen molar-refractivity contribution in [3.05, 3.63) is 23.3 Å². The van der Waals surface area contributed by atoms with E-state index in [1.165, 1.54) is 17.5 Å². The lowest BCUT2D eigenvalue weighted by Crippen LogP contribution is -2.36. The summed E-state index contributed by atoms with van der Waals surface area (Å²) in [5.41, 5.74) is 2.46. The molecule has 0 saturated carbocycles. The maximum Gasteiger partial charge on any atom is 0.222 e. The summed E-state index contributed by atoms with van der Waals surface area (Å²) in [4.78, 5) is 14.6. The van der Waals surface area contributed by atoms with Crippen LogP contribution < -0.4 is 14.8 Å². The molecule has 2 aliphatic heterocycles. The minimum absolute atomic E-state index is 0.